The largest absolute Gasteiger partial charge is 0.479 e. The Labute approximate surface area is 155 Å². The van der Waals surface area contributed by atoms with Gasteiger partial charge < -0.3 is 15.5 Å². The van der Waals surface area contributed by atoms with Gasteiger partial charge in [0.2, 0.25) is 0 Å². The first-order valence-corrected chi connectivity index (χ1v) is 10.00. The highest BCUT2D eigenvalue weighted by atomic mass is 32.2. The number of aliphatic hydroxyl groups excluding tert-OH is 1. The monoisotopic (exact) mass is 373 g/mol. The molecule has 0 unspecified atom stereocenters. The molecule has 5 nitrogen and oxygen atoms in total. The number of aliphatic hydroxyl groups is 1. The van der Waals surface area contributed by atoms with Gasteiger partial charge in [-0.1, -0.05) is 54.6 Å². The molecule has 2 aromatic carbocycles. The van der Waals surface area contributed by atoms with Crippen molar-refractivity contribution >= 4 is 16.8 Å². The van der Waals surface area contributed by atoms with Gasteiger partial charge in [-0.2, -0.15) is 0 Å². The Morgan fingerprint density at radius 3 is 2.31 bits per heavy atom. The van der Waals surface area contributed by atoms with Crippen LogP contribution in [0.15, 0.2) is 54.6 Å². The maximum atomic E-state index is 12.3. The van der Waals surface area contributed by atoms with Crippen LogP contribution >= 0.6 is 0 Å². The Morgan fingerprint density at radius 2 is 1.65 bits per heavy atom. The van der Waals surface area contributed by atoms with Crippen molar-refractivity contribution in [1.29, 1.82) is 0 Å². The Hall–Kier alpha value is -2.02. The molecule has 0 aliphatic carbocycles. The summed E-state index contributed by atoms with van der Waals surface area (Å²) in [6.07, 6.45) is 0.643. The minimum Gasteiger partial charge on any atom is -0.479 e. The highest BCUT2D eigenvalue weighted by Gasteiger charge is 2.45. The van der Waals surface area contributed by atoms with Gasteiger partial charge in [0.1, 0.15) is 0 Å². The summed E-state index contributed by atoms with van der Waals surface area (Å²) in [6, 6.07) is 16.7. The first-order valence-electron chi connectivity index (χ1n) is 8.68. The molecule has 1 spiro atoms. The first kappa shape index (κ1) is 18.8. The lowest BCUT2D eigenvalue weighted by atomic mass is 9.87. The Balaban J connectivity index is 0.000000160. The maximum Gasteiger partial charge on any atom is 0.337 e. The number of rotatable bonds is 2. The van der Waals surface area contributed by atoms with Crippen molar-refractivity contribution in [2.24, 2.45) is 0 Å². The van der Waals surface area contributed by atoms with E-state index in [9.17, 15) is 9.00 Å². The molecule has 2 aliphatic rings. The zero-order chi connectivity index (χ0) is 18.6. The van der Waals surface area contributed by atoms with Crippen LogP contribution in [0.1, 0.15) is 35.6 Å². The summed E-state index contributed by atoms with van der Waals surface area (Å²) < 4.78 is 12.3. The molecule has 3 N–H and O–H groups in total. The van der Waals surface area contributed by atoms with E-state index in [0.29, 0.717) is 5.56 Å². The summed E-state index contributed by atoms with van der Waals surface area (Å²) in [5.74, 6) is -0.466. The van der Waals surface area contributed by atoms with Gasteiger partial charge in [0.05, 0.1) is 4.75 Å². The van der Waals surface area contributed by atoms with E-state index >= 15 is 0 Å². The number of fused-ring (bicyclic) bond motifs is 2. The Morgan fingerprint density at radius 1 is 1.04 bits per heavy atom. The SMILES string of the molecule is O=C(O)[C@@H](O)c1ccccc1.O=[S@@]1Cc2ccccc2C12CCNCC2. The predicted molar refractivity (Wildman–Crippen MR) is 101 cm³/mol. The molecular weight excluding hydrogens is 350 g/mol. The van der Waals surface area contributed by atoms with Gasteiger partial charge in [-0.15, -0.1) is 0 Å². The minimum absolute atomic E-state index is 0.0259. The van der Waals surface area contributed by atoms with Crippen molar-refractivity contribution in [2.75, 3.05) is 13.1 Å². The van der Waals surface area contributed by atoms with Crippen LogP contribution in [0.5, 0.6) is 0 Å². The molecule has 1 fully saturated rings. The van der Waals surface area contributed by atoms with Crippen LogP contribution in [-0.4, -0.2) is 33.5 Å². The molecule has 0 radical (unpaired) electrons. The van der Waals surface area contributed by atoms with Crippen LogP contribution < -0.4 is 5.32 Å². The summed E-state index contributed by atoms with van der Waals surface area (Å²) in [5, 5.41) is 20.7. The molecule has 138 valence electrons. The zero-order valence-electron chi connectivity index (χ0n) is 14.4. The van der Waals surface area contributed by atoms with Gasteiger partial charge in [-0.25, -0.2) is 4.79 Å². The number of carboxylic acid groups (broad SMARTS) is 1. The number of carbonyl (C=O) groups is 1. The number of nitrogens with one attached hydrogen (secondary N) is 1. The number of piperidine rings is 1. The molecule has 0 aromatic heterocycles. The van der Waals surface area contributed by atoms with Crippen molar-refractivity contribution in [3.63, 3.8) is 0 Å². The topological polar surface area (TPSA) is 86.6 Å². The van der Waals surface area contributed by atoms with E-state index in [1.54, 1.807) is 30.3 Å². The minimum atomic E-state index is -1.41. The maximum absolute atomic E-state index is 12.3. The molecule has 2 heterocycles. The van der Waals surface area contributed by atoms with E-state index in [1.165, 1.54) is 11.1 Å². The molecular formula is C20H23NO4S. The highest BCUT2D eigenvalue weighted by Crippen LogP contribution is 2.45. The van der Waals surface area contributed by atoms with Gasteiger partial charge in [0, 0.05) is 16.6 Å². The second kappa shape index (κ2) is 8.12. The van der Waals surface area contributed by atoms with E-state index in [0.717, 1.165) is 31.7 Å². The van der Waals surface area contributed by atoms with Crippen molar-refractivity contribution in [3.05, 3.63) is 71.3 Å². The van der Waals surface area contributed by atoms with Crippen molar-refractivity contribution in [2.45, 2.75) is 29.4 Å². The number of hydrogen-bond acceptors (Lipinski definition) is 4. The number of benzene rings is 2. The molecule has 1 saturated heterocycles. The summed E-state index contributed by atoms with van der Waals surface area (Å²) in [5.41, 5.74) is 3.06. The number of aliphatic carboxylic acids is 1. The van der Waals surface area contributed by atoms with E-state index < -0.39 is 22.9 Å². The molecule has 0 bridgehead atoms. The van der Waals surface area contributed by atoms with Gasteiger partial charge in [0.25, 0.3) is 0 Å². The van der Waals surface area contributed by atoms with E-state index in [-0.39, 0.29) is 4.75 Å². The summed E-state index contributed by atoms with van der Waals surface area (Å²) in [7, 11) is -0.704. The molecule has 2 aromatic rings. The molecule has 0 amide bonds. The molecule has 2 atom stereocenters. The van der Waals surface area contributed by atoms with E-state index in [2.05, 4.69) is 29.6 Å². The quantitative estimate of drug-likeness (QED) is 0.752. The third-order valence-corrected chi connectivity index (χ3v) is 7.06. The Kier molecular flexibility index (Phi) is 5.86. The van der Waals surface area contributed by atoms with E-state index in [1.807, 2.05) is 0 Å². The fourth-order valence-corrected chi connectivity index (χ4v) is 5.51. The fourth-order valence-electron chi connectivity index (χ4n) is 3.60. The summed E-state index contributed by atoms with van der Waals surface area (Å²) in [6.45, 7) is 2.00. The summed E-state index contributed by atoms with van der Waals surface area (Å²) in [4.78, 5) is 10.2. The van der Waals surface area contributed by atoms with Gasteiger partial charge >= 0.3 is 5.97 Å². The zero-order valence-corrected chi connectivity index (χ0v) is 15.2. The van der Waals surface area contributed by atoms with Crippen molar-refractivity contribution < 1.29 is 19.2 Å². The van der Waals surface area contributed by atoms with Crippen LogP contribution in [0.25, 0.3) is 0 Å². The van der Waals surface area contributed by atoms with E-state index in [4.69, 9.17) is 10.2 Å². The van der Waals surface area contributed by atoms with Crippen LogP contribution in [0.3, 0.4) is 0 Å². The third-order valence-electron chi connectivity index (χ3n) is 4.99. The molecule has 6 heteroatoms. The second-order valence-corrected chi connectivity index (χ2v) is 8.30. The average molecular weight is 373 g/mol. The molecule has 0 saturated carbocycles. The Bertz CT molecular complexity index is 787. The predicted octanol–water partition coefficient (Wildman–Crippen LogP) is 2.33. The molecule has 26 heavy (non-hydrogen) atoms. The molecule has 2 aliphatic heterocycles. The lowest BCUT2D eigenvalue weighted by Gasteiger charge is -2.33. The fraction of sp³-hybridized carbons (Fsp3) is 0.350. The third kappa shape index (κ3) is 3.72. The standard InChI is InChI=1S/C12H15NOS.C8H8O3/c14-15-9-10-3-1-2-4-11(10)12(15)5-7-13-8-6-12;9-7(8(10)11)6-4-2-1-3-5-6/h1-4,13H,5-9H2;1-5,7,9H,(H,10,11)/t15-;7-/m10/s1. The lowest BCUT2D eigenvalue weighted by Crippen LogP contribution is -2.40. The van der Waals surface area contributed by atoms with Crippen LogP contribution in [0.2, 0.25) is 0 Å². The highest BCUT2D eigenvalue weighted by molar-refractivity contribution is 7.85. The lowest BCUT2D eigenvalue weighted by molar-refractivity contribution is -0.146. The average Bonchev–Trinajstić information content (AvgIpc) is 2.94. The second-order valence-electron chi connectivity index (χ2n) is 6.54. The number of hydrogen-bond donors (Lipinski definition) is 3. The molecule has 4 rings (SSSR count). The van der Waals surface area contributed by atoms with Crippen molar-refractivity contribution in [1.82, 2.24) is 5.32 Å². The normalized spacial score (nSPS) is 21.3. The van der Waals surface area contributed by atoms with Gasteiger partial charge in [0.15, 0.2) is 6.10 Å². The van der Waals surface area contributed by atoms with Crippen LogP contribution in [-0.2, 0) is 26.1 Å². The smallest absolute Gasteiger partial charge is 0.337 e. The van der Waals surface area contributed by atoms with Crippen LogP contribution in [0.4, 0.5) is 0 Å². The van der Waals surface area contributed by atoms with Gasteiger partial charge in [-0.05, 0) is 42.6 Å². The number of carboxylic acids is 1. The van der Waals surface area contributed by atoms with Crippen molar-refractivity contribution in [3.8, 4) is 0 Å². The van der Waals surface area contributed by atoms with Gasteiger partial charge in [-0.3, -0.25) is 4.21 Å². The van der Waals surface area contributed by atoms with Crippen LogP contribution in [0, 0.1) is 0 Å². The summed E-state index contributed by atoms with van der Waals surface area (Å²) >= 11 is 0. The first-order chi connectivity index (χ1) is 12.5.